The fourth-order valence-electron chi connectivity index (χ4n) is 2.04. The lowest BCUT2D eigenvalue weighted by Crippen LogP contribution is -2.42. The van der Waals surface area contributed by atoms with Crippen LogP contribution in [0.5, 0.6) is 0 Å². The summed E-state index contributed by atoms with van der Waals surface area (Å²) in [6, 6.07) is 0. The fourth-order valence-corrected chi connectivity index (χ4v) is 3.91. The van der Waals surface area contributed by atoms with Gasteiger partial charge in [-0.25, -0.2) is 8.93 Å². The van der Waals surface area contributed by atoms with Gasteiger partial charge in [0.1, 0.15) is 11.0 Å². The third-order valence-corrected chi connectivity index (χ3v) is 5.35. The van der Waals surface area contributed by atoms with Gasteiger partial charge in [0.2, 0.25) is 0 Å². The molecule has 2 unspecified atom stereocenters. The average Bonchev–Trinajstić information content (AvgIpc) is 2.34. The smallest absolute Gasteiger partial charge is 0.108 e. The zero-order valence-electron chi connectivity index (χ0n) is 15.7. The van der Waals surface area contributed by atoms with E-state index in [1.165, 1.54) is 0 Å². The molecule has 0 aromatic carbocycles. The Morgan fingerprint density at radius 2 is 1.62 bits per heavy atom. The number of hydrogen-bond donors (Lipinski definition) is 2. The molecular weight excluding hydrogens is 300 g/mol. The summed E-state index contributed by atoms with van der Waals surface area (Å²) in [7, 11) is 3.34. The van der Waals surface area contributed by atoms with Crippen LogP contribution in [-0.2, 0) is 11.0 Å². The molecule has 0 aliphatic heterocycles. The molecule has 0 aromatic rings. The number of nitrogens with one attached hydrogen (secondary N) is 1. The van der Waals surface area contributed by atoms with Gasteiger partial charge in [0.25, 0.3) is 0 Å². The van der Waals surface area contributed by atoms with Gasteiger partial charge in [-0.2, -0.15) is 12.6 Å². The number of quaternary nitrogens is 1. The number of thiol groups is 1. The first-order valence-corrected chi connectivity index (χ1v) is 9.69. The first kappa shape index (κ1) is 23.7. The van der Waals surface area contributed by atoms with Gasteiger partial charge >= 0.3 is 0 Å². The standard InChI is InChI=1S/C14H32N2OS2.C2H6/c1-8-16(6,7)11-9-10-15-19(17)14(5,18)12-13(2,3)4;1-2/h15H,8-12H2,1-7H3;1-2H3/p+1. The first-order valence-electron chi connectivity index (χ1n) is 8.09. The Morgan fingerprint density at radius 3 is 2.00 bits per heavy atom. The van der Waals surface area contributed by atoms with Crippen molar-refractivity contribution in [3.63, 3.8) is 0 Å². The van der Waals surface area contributed by atoms with Gasteiger partial charge in [0.15, 0.2) is 0 Å². The highest BCUT2D eigenvalue weighted by atomic mass is 32.2. The second kappa shape index (κ2) is 10.2. The van der Waals surface area contributed by atoms with Crippen LogP contribution in [0.15, 0.2) is 0 Å². The SMILES string of the molecule is CC.CC[N+](C)(C)CCCNS(=O)C(C)(S)CC(C)(C)C. The van der Waals surface area contributed by atoms with E-state index >= 15 is 0 Å². The summed E-state index contributed by atoms with van der Waals surface area (Å²) in [4.78, 5) is 0. The molecule has 0 radical (unpaired) electrons. The normalized spacial score (nSPS) is 16.7. The molecule has 2 atom stereocenters. The minimum Gasteiger partial charge on any atom is -0.329 e. The van der Waals surface area contributed by atoms with Gasteiger partial charge in [-0.05, 0) is 25.7 Å². The second-order valence-electron chi connectivity index (χ2n) is 7.40. The summed E-state index contributed by atoms with van der Waals surface area (Å²) in [6.07, 6.45) is 1.85. The molecule has 3 nitrogen and oxygen atoms in total. The summed E-state index contributed by atoms with van der Waals surface area (Å²) in [5.74, 6) is 0. The van der Waals surface area contributed by atoms with E-state index in [9.17, 15) is 4.21 Å². The number of rotatable bonds is 8. The monoisotopic (exact) mass is 339 g/mol. The Kier molecular flexibility index (Phi) is 11.6. The van der Waals surface area contributed by atoms with Gasteiger partial charge < -0.3 is 4.48 Å². The van der Waals surface area contributed by atoms with Crippen LogP contribution in [0.1, 0.15) is 61.3 Å². The largest absolute Gasteiger partial charge is 0.329 e. The highest BCUT2D eigenvalue weighted by molar-refractivity contribution is 8.01. The summed E-state index contributed by atoms with van der Waals surface area (Å²) < 4.78 is 15.9. The van der Waals surface area contributed by atoms with E-state index in [1.54, 1.807) is 0 Å². The molecule has 0 spiro atoms. The Labute approximate surface area is 141 Å². The fraction of sp³-hybridized carbons (Fsp3) is 1.00. The number of nitrogens with zero attached hydrogens (tertiary/aromatic N) is 1. The molecule has 21 heavy (non-hydrogen) atoms. The van der Waals surface area contributed by atoms with Crippen molar-refractivity contribution in [1.29, 1.82) is 0 Å². The molecule has 0 heterocycles. The Morgan fingerprint density at radius 1 is 1.14 bits per heavy atom. The maximum Gasteiger partial charge on any atom is 0.108 e. The van der Waals surface area contributed by atoms with Crippen molar-refractivity contribution < 1.29 is 8.69 Å². The highest BCUT2D eigenvalue weighted by Crippen LogP contribution is 2.33. The van der Waals surface area contributed by atoms with E-state index in [2.05, 4.69) is 59.1 Å². The van der Waals surface area contributed by atoms with Crippen LogP contribution in [0.3, 0.4) is 0 Å². The molecule has 0 rings (SSSR count). The molecule has 0 aliphatic carbocycles. The predicted octanol–water partition coefficient (Wildman–Crippen LogP) is 3.83. The Balaban J connectivity index is 0. The molecular formula is C16H39N2OS2+. The third-order valence-electron chi connectivity index (χ3n) is 3.29. The molecule has 0 bridgehead atoms. The van der Waals surface area contributed by atoms with Gasteiger partial charge in [-0.15, -0.1) is 0 Å². The lowest BCUT2D eigenvalue weighted by molar-refractivity contribution is -0.888. The Hall–Kier alpha value is 0.420. The molecule has 1 N–H and O–H groups in total. The highest BCUT2D eigenvalue weighted by Gasteiger charge is 2.32. The van der Waals surface area contributed by atoms with Crippen molar-refractivity contribution in [2.45, 2.75) is 65.4 Å². The van der Waals surface area contributed by atoms with Gasteiger partial charge in [0, 0.05) is 13.0 Å². The molecule has 130 valence electrons. The van der Waals surface area contributed by atoms with Crippen molar-refractivity contribution in [1.82, 2.24) is 4.72 Å². The zero-order chi connectivity index (χ0) is 17.3. The summed E-state index contributed by atoms with van der Waals surface area (Å²) >= 11 is 4.59. The average molecular weight is 340 g/mol. The van der Waals surface area contributed by atoms with E-state index in [-0.39, 0.29) is 5.41 Å². The van der Waals surface area contributed by atoms with Crippen molar-refractivity contribution in [2.75, 3.05) is 33.7 Å². The van der Waals surface area contributed by atoms with Crippen LogP contribution in [0, 0.1) is 5.41 Å². The topological polar surface area (TPSA) is 29.1 Å². The molecule has 0 aliphatic rings. The quantitative estimate of drug-likeness (QED) is 0.393. The van der Waals surface area contributed by atoms with E-state index in [1.807, 2.05) is 20.8 Å². The summed E-state index contributed by atoms with van der Waals surface area (Å²) in [5.41, 5.74) is 0.134. The first-order chi connectivity index (χ1) is 9.40. The van der Waals surface area contributed by atoms with E-state index in [4.69, 9.17) is 0 Å². The summed E-state index contributed by atoms with van der Waals surface area (Å²) in [5, 5.41) is 0. The minimum atomic E-state index is -1.10. The van der Waals surface area contributed by atoms with E-state index in [0.717, 1.165) is 37.0 Å². The van der Waals surface area contributed by atoms with Crippen LogP contribution in [-0.4, -0.2) is 46.5 Å². The molecule has 0 fully saturated rings. The van der Waals surface area contributed by atoms with Gasteiger partial charge in [-0.1, -0.05) is 34.6 Å². The molecule has 0 saturated heterocycles. The van der Waals surface area contributed by atoms with Crippen LogP contribution >= 0.6 is 12.6 Å². The van der Waals surface area contributed by atoms with Crippen molar-refractivity contribution in [3.05, 3.63) is 0 Å². The van der Waals surface area contributed by atoms with Gasteiger partial charge in [0.05, 0.1) is 31.3 Å². The van der Waals surface area contributed by atoms with Crippen LogP contribution in [0.25, 0.3) is 0 Å². The lowest BCUT2D eigenvalue weighted by atomic mass is 9.90. The van der Waals surface area contributed by atoms with Crippen molar-refractivity contribution >= 4 is 23.6 Å². The Bertz CT molecular complexity index is 297. The van der Waals surface area contributed by atoms with Crippen molar-refractivity contribution in [2.24, 2.45) is 5.41 Å². The molecule has 0 aromatic heterocycles. The molecule has 0 saturated carbocycles. The van der Waals surface area contributed by atoms with Crippen molar-refractivity contribution in [3.8, 4) is 0 Å². The van der Waals surface area contributed by atoms with Crippen LogP contribution in [0.4, 0.5) is 0 Å². The maximum absolute atomic E-state index is 12.3. The van der Waals surface area contributed by atoms with E-state index in [0.29, 0.717) is 0 Å². The lowest BCUT2D eigenvalue weighted by Gasteiger charge is -2.31. The van der Waals surface area contributed by atoms with Crippen LogP contribution < -0.4 is 4.72 Å². The van der Waals surface area contributed by atoms with Crippen LogP contribution in [0.2, 0.25) is 0 Å². The second-order valence-corrected chi connectivity index (χ2v) is 10.4. The predicted molar refractivity (Wildman–Crippen MR) is 101 cm³/mol. The van der Waals surface area contributed by atoms with Gasteiger partial charge in [-0.3, -0.25) is 0 Å². The van der Waals surface area contributed by atoms with E-state index < -0.39 is 15.1 Å². The summed E-state index contributed by atoms with van der Waals surface area (Å²) in [6.45, 7) is 17.6. The molecule has 5 heteroatoms. The zero-order valence-corrected chi connectivity index (χ0v) is 17.5. The molecule has 0 amide bonds. The number of hydrogen-bond acceptors (Lipinski definition) is 2. The maximum atomic E-state index is 12.3. The third kappa shape index (κ3) is 12.6. The minimum absolute atomic E-state index is 0.134.